The molecule has 0 unspecified atom stereocenters. The highest BCUT2D eigenvalue weighted by molar-refractivity contribution is 7.84. The molecule has 45 heavy (non-hydrogen) atoms. The lowest BCUT2D eigenvalue weighted by Gasteiger charge is -2.30. The van der Waals surface area contributed by atoms with E-state index >= 15 is 0 Å². The molecule has 0 radical (unpaired) electrons. The Morgan fingerprint density at radius 2 is 1.78 bits per heavy atom. The van der Waals surface area contributed by atoms with Crippen molar-refractivity contribution >= 4 is 16.9 Å². The van der Waals surface area contributed by atoms with Gasteiger partial charge < -0.3 is 10.4 Å². The predicted octanol–water partition coefficient (Wildman–Crippen LogP) is 4.91. The number of likely N-dealkylation sites (tertiary alicyclic amines) is 1. The van der Waals surface area contributed by atoms with Gasteiger partial charge in [-0.3, -0.25) is 9.69 Å². The first-order chi connectivity index (χ1) is 21.7. The number of hydrogen-bond acceptors (Lipinski definition) is 7. The number of benzene rings is 2. The summed E-state index contributed by atoms with van der Waals surface area (Å²) in [6, 6.07) is 19.9. The van der Waals surface area contributed by atoms with Gasteiger partial charge in [0.25, 0.3) is 5.91 Å². The van der Waals surface area contributed by atoms with Gasteiger partial charge in [0.2, 0.25) is 0 Å². The Kier molecular flexibility index (Phi) is 9.18. The van der Waals surface area contributed by atoms with Crippen molar-refractivity contribution in [1.82, 2.24) is 29.5 Å². The van der Waals surface area contributed by atoms with Crippen molar-refractivity contribution in [2.75, 3.05) is 19.7 Å². The standard InChI is InChI=1S/C35H40N6O3S/c1-35(2,3)45(44)41-21-27-17-30(34(43)38-29-12-14-40(22-29)20-24-8-5-4-6-9-24)39-33(32(27)31(41)13-15-42)26-11-7-10-25(16-26)28-18-36-23-37-19-28/h4-11,16-19,23,29,31,42H,12-15,20-22H2,1-3H3,(H,38,43)/t29-,31+,45+/m1/s1. The number of pyridine rings is 1. The van der Waals surface area contributed by atoms with E-state index in [9.17, 15) is 14.1 Å². The molecule has 9 nitrogen and oxygen atoms in total. The fourth-order valence-corrected chi connectivity index (χ4v) is 7.70. The van der Waals surface area contributed by atoms with Gasteiger partial charge in [0.1, 0.15) is 23.0 Å². The van der Waals surface area contributed by atoms with Gasteiger partial charge in [-0.15, -0.1) is 0 Å². The number of nitrogens with one attached hydrogen (secondary N) is 1. The Morgan fingerprint density at radius 3 is 2.51 bits per heavy atom. The summed E-state index contributed by atoms with van der Waals surface area (Å²) in [4.78, 5) is 29.5. The molecular weight excluding hydrogens is 584 g/mol. The maximum absolute atomic E-state index is 13.8. The Balaban J connectivity index is 1.34. The smallest absolute Gasteiger partial charge is 0.270 e. The number of rotatable bonds is 9. The number of aromatic nitrogens is 3. The Bertz CT molecular complexity index is 1680. The van der Waals surface area contributed by atoms with Gasteiger partial charge in [-0.2, -0.15) is 0 Å². The van der Waals surface area contributed by atoms with Gasteiger partial charge in [-0.1, -0.05) is 48.5 Å². The van der Waals surface area contributed by atoms with Crippen LogP contribution in [0.2, 0.25) is 0 Å². The van der Waals surface area contributed by atoms with Crippen LogP contribution in [0.3, 0.4) is 0 Å². The van der Waals surface area contributed by atoms with Crippen LogP contribution in [-0.2, 0) is 24.1 Å². The van der Waals surface area contributed by atoms with Crippen molar-refractivity contribution in [3.8, 4) is 22.4 Å². The first-order valence-corrected chi connectivity index (χ1v) is 16.6. The third-order valence-corrected chi connectivity index (χ3v) is 10.3. The number of hydrogen-bond donors (Lipinski definition) is 2. The minimum Gasteiger partial charge on any atom is -0.396 e. The molecule has 4 aromatic rings. The number of carbonyl (C=O) groups is 1. The van der Waals surface area contributed by atoms with Crippen LogP contribution in [0, 0.1) is 0 Å². The number of carbonyl (C=O) groups excluding carboxylic acids is 1. The van der Waals surface area contributed by atoms with Crippen molar-refractivity contribution < 1.29 is 14.1 Å². The molecule has 2 aromatic carbocycles. The second-order valence-electron chi connectivity index (χ2n) is 12.8. The van der Waals surface area contributed by atoms with E-state index < -0.39 is 15.7 Å². The van der Waals surface area contributed by atoms with Gasteiger partial charge in [0.15, 0.2) is 0 Å². The topological polar surface area (TPSA) is 112 Å². The van der Waals surface area contributed by atoms with Crippen molar-refractivity contribution in [3.63, 3.8) is 0 Å². The van der Waals surface area contributed by atoms with E-state index in [1.165, 1.54) is 11.9 Å². The minimum absolute atomic E-state index is 0.0214. The molecule has 0 saturated carbocycles. The van der Waals surface area contributed by atoms with Crippen LogP contribution in [0.1, 0.15) is 66.8 Å². The molecule has 6 rings (SSSR count). The summed E-state index contributed by atoms with van der Waals surface area (Å²) in [6.07, 6.45) is 6.30. The van der Waals surface area contributed by atoms with E-state index in [0.29, 0.717) is 24.4 Å². The molecule has 1 saturated heterocycles. The summed E-state index contributed by atoms with van der Waals surface area (Å²) in [5.41, 5.74) is 6.71. The van der Waals surface area contributed by atoms with Crippen LogP contribution in [-0.4, -0.2) is 69.9 Å². The highest BCUT2D eigenvalue weighted by atomic mass is 32.2. The number of nitrogens with zero attached hydrogens (tertiary/aromatic N) is 5. The molecule has 2 aliphatic rings. The largest absolute Gasteiger partial charge is 0.396 e. The van der Waals surface area contributed by atoms with Gasteiger partial charge >= 0.3 is 0 Å². The molecule has 1 fully saturated rings. The molecule has 2 N–H and O–H groups in total. The zero-order chi connectivity index (χ0) is 31.6. The van der Waals surface area contributed by atoms with Crippen LogP contribution in [0.15, 0.2) is 79.4 Å². The zero-order valence-electron chi connectivity index (χ0n) is 26.0. The van der Waals surface area contributed by atoms with Crippen LogP contribution < -0.4 is 5.32 Å². The average molecular weight is 625 g/mol. The summed E-state index contributed by atoms with van der Waals surface area (Å²) in [5, 5.41) is 13.3. The SMILES string of the molecule is CC(C)(C)[S@](=O)N1Cc2cc(C(=O)N[C@@H]3CCN(Cc4ccccc4)C3)nc(-c3cccc(-c4cncnc4)c3)c2[C@@H]1CCO. The van der Waals surface area contributed by atoms with Crippen molar-refractivity contribution in [1.29, 1.82) is 0 Å². The second-order valence-corrected chi connectivity index (χ2v) is 15.0. The third-order valence-electron chi connectivity index (χ3n) is 8.41. The molecule has 0 aliphatic carbocycles. The number of aliphatic hydroxyl groups excluding tert-OH is 1. The summed E-state index contributed by atoms with van der Waals surface area (Å²) in [5.74, 6) is -0.215. The third kappa shape index (κ3) is 6.89. The molecule has 2 aliphatic heterocycles. The monoisotopic (exact) mass is 624 g/mol. The van der Waals surface area contributed by atoms with Crippen LogP contribution in [0.5, 0.6) is 0 Å². The first kappa shape index (κ1) is 31.2. The van der Waals surface area contributed by atoms with Crippen molar-refractivity contribution in [2.45, 2.75) is 63.5 Å². The lowest BCUT2D eigenvalue weighted by atomic mass is 9.94. The summed E-state index contributed by atoms with van der Waals surface area (Å²) >= 11 is 0. The van der Waals surface area contributed by atoms with E-state index in [-0.39, 0.29) is 24.6 Å². The zero-order valence-corrected chi connectivity index (χ0v) is 26.8. The number of aliphatic hydroxyl groups is 1. The molecule has 234 valence electrons. The number of fused-ring (bicyclic) bond motifs is 1. The maximum atomic E-state index is 13.8. The molecule has 10 heteroatoms. The molecule has 0 bridgehead atoms. The molecule has 1 amide bonds. The molecule has 4 heterocycles. The van der Waals surface area contributed by atoms with E-state index in [4.69, 9.17) is 4.98 Å². The van der Waals surface area contributed by atoms with Crippen molar-refractivity contribution in [2.24, 2.45) is 0 Å². The van der Waals surface area contributed by atoms with Gasteiger partial charge in [0, 0.05) is 67.9 Å². The lowest BCUT2D eigenvalue weighted by molar-refractivity contribution is 0.0932. The van der Waals surface area contributed by atoms with Crippen LogP contribution >= 0.6 is 0 Å². The van der Waals surface area contributed by atoms with E-state index in [1.807, 2.05) is 73.6 Å². The van der Waals surface area contributed by atoms with Crippen LogP contribution in [0.4, 0.5) is 0 Å². The van der Waals surface area contributed by atoms with Gasteiger partial charge in [-0.25, -0.2) is 23.5 Å². The summed E-state index contributed by atoms with van der Waals surface area (Å²) in [6.45, 7) is 8.74. The predicted molar refractivity (Wildman–Crippen MR) is 176 cm³/mol. The minimum atomic E-state index is -1.34. The van der Waals surface area contributed by atoms with Gasteiger partial charge in [0.05, 0.1) is 16.5 Å². The maximum Gasteiger partial charge on any atom is 0.270 e. The molecule has 3 atom stereocenters. The van der Waals surface area contributed by atoms with Gasteiger partial charge in [-0.05, 0) is 62.4 Å². The highest BCUT2D eigenvalue weighted by Crippen LogP contribution is 2.44. The summed E-state index contributed by atoms with van der Waals surface area (Å²) < 4.78 is 15.2. The summed E-state index contributed by atoms with van der Waals surface area (Å²) in [7, 11) is -1.34. The Labute approximate surface area is 267 Å². The van der Waals surface area contributed by atoms with Crippen LogP contribution in [0.25, 0.3) is 22.4 Å². The fraction of sp³-hybridized carbons (Fsp3) is 0.371. The van der Waals surface area contributed by atoms with E-state index in [2.05, 4.69) is 32.3 Å². The Hall–Kier alpha value is -3.83. The number of amides is 1. The second kappa shape index (κ2) is 13.3. The molecule has 2 aromatic heterocycles. The molecular formula is C35H40N6O3S. The average Bonchev–Trinajstić information content (AvgIpc) is 3.64. The quantitative estimate of drug-likeness (QED) is 0.272. The highest BCUT2D eigenvalue weighted by Gasteiger charge is 2.40. The normalized spacial score (nSPS) is 19.4. The van der Waals surface area contributed by atoms with E-state index in [0.717, 1.165) is 53.9 Å². The molecule has 0 spiro atoms. The lowest BCUT2D eigenvalue weighted by Crippen LogP contribution is -2.37. The fourth-order valence-electron chi connectivity index (χ4n) is 6.29. The van der Waals surface area contributed by atoms with Crippen molar-refractivity contribution in [3.05, 3.63) is 102 Å². The van der Waals surface area contributed by atoms with E-state index in [1.54, 1.807) is 12.4 Å². The Morgan fingerprint density at radius 1 is 1.02 bits per heavy atom. The first-order valence-electron chi connectivity index (χ1n) is 15.5.